The number of hydrogen-bond acceptors (Lipinski definition) is 4. The predicted octanol–water partition coefficient (Wildman–Crippen LogP) is 2.59. The number of halogens is 3. The van der Waals surface area contributed by atoms with Gasteiger partial charge in [0.1, 0.15) is 5.82 Å². The average molecular weight is 301 g/mol. The zero-order valence-electron chi connectivity index (χ0n) is 10.0. The third-order valence-electron chi connectivity index (χ3n) is 2.49. The van der Waals surface area contributed by atoms with Crippen LogP contribution >= 0.6 is 0 Å². The van der Waals surface area contributed by atoms with E-state index in [-0.39, 0.29) is 16.9 Å². The summed E-state index contributed by atoms with van der Waals surface area (Å²) in [6.07, 6.45) is -3.06. The minimum atomic E-state index is -4.75. The van der Waals surface area contributed by atoms with Gasteiger partial charge < -0.3 is 10.1 Å². The van der Waals surface area contributed by atoms with Crippen LogP contribution in [0.4, 0.5) is 18.9 Å². The van der Waals surface area contributed by atoms with E-state index in [1.54, 1.807) is 0 Å². The Balaban J connectivity index is 2.66. The number of imidazole rings is 1. The van der Waals surface area contributed by atoms with Gasteiger partial charge in [-0.2, -0.15) is 13.2 Å². The van der Waals surface area contributed by atoms with E-state index in [1.165, 1.54) is 0 Å². The van der Waals surface area contributed by atoms with Gasteiger partial charge in [-0.25, -0.2) is 9.78 Å². The van der Waals surface area contributed by atoms with Crippen molar-refractivity contribution in [1.82, 2.24) is 9.97 Å². The minimum Gasteiger partial charge on any atom is -0.478 e. The lowest BCUT2D eigenvalue weighted by molar-refractivity contribution is -0.383. The number of rotatable bonds is 3. The number of H-pyrrole nitrogens is 1. The van der Waals surface area contributed by atoms with Crippen LogP contribution in [0.2, 0.25) is 0 Å². The Kier molecular flexibility index (Phi) is 3.37. The molecule has 0 saturated heterocycles. The minimum absolute atomic E-state index is 0.102. The van der Waals surface area contributed by atoms with Crippen LogP contribution in [0.3, 0.4) is 0 Å². The molecule has 0 bridgehead atoms. The highest BCUT2D eigenvalue weighted by molar-refractivity contribution is 5.89. The largest absolute Gasteiger partial charge is 0.478 e. The number of nitro benzene ring substituents is 1. The number of carbonyl (C=O) groups is 1. The van der Waals surface area contributed by atoms with E-state index in [1.807, 2.05) is 0 Å². The van der Waals surface area contributed by atoms with Gasteiger partial charge in [-0.3, -0.25) is 10.1 Å². The maximum absolute atomic E-state index is 12.7. The molecule has 1 aromatic heterocycles. The molecule has 110 valence electrons. The van der Waals surface area contributed by atoms with Crippen LogP contribution in [0, 0.1) is 10.1 Å². The van der Waals surface area contributed by atoms with Gasteiger partial charge in [0.05, 0.1) is 16.0 Å². The van der Waals surface area contributed by atoms with Crippen LogP contribution in [0.5, 0.6) is 0 Å². The lowest BCUT2D eigenvalue weighted by Crippen LogP contribution is -2.05. The molecule has 1 heterocycles. The number of alkyl halides is 3. The number of benzene rings is 1. The second kappa shape index (κ2) is 4.89. The van der Waals surface area contributed by atoms with E-state index >= 15 is 0 Å². The maximum atomic E-state index is 12.7. The Morgan fingerprint density at radius 2 is 2.10 bits per heavy atom. The van der Waals surface area contributed by atoms with E-state index < -0.39 is 28.3 Å². The van der Waals surface area contributed by atoms with Gasteiger partial charge in [0.25, 0.3) is 5.69 Å². The maximum Gasteiger partial charge on any atom is 0.416 e. The summed E-state index contributed by atoms with van der Waals surface area (Å²) >= 11 is 0. The normalized spacial score (nSPS) is 12.1. The standard InChI is InChI=1S/C11H6F3N3O4/c12-11(13,14)5-3-6-10(7(4-5)17(20)21)16-8(15-6)1-2-9(18)19/h1-4H,(H,15,16)(H,18,19)/b2-1+. The van der Waals surface area contributed by atoms with Crippen molar-refractivity contribution in [3.8, 4) is 0 Å². The molecule has 1 aromatic carbocycles. The summed E-state index contributed by atoms with van der Waals surface area (Å²) in [6, 6.07) is 1.06. The highest BCUT2D eigenvalue weighted by Gasteiger charge is 2.34. The van der Waals surface area contributed by atoms with E-state index in [0.717, 1.165) is 6.08 Å². The quantitative estimate of drug-likeness (QED) is 0.514. The van der Waals surface area contributed by atoms with Crippen molar-refractivity contribution in [2.45, 2.75) is 6.18 Å². The van der Waals surface area contributed by atoms with Gasteiger partial charge in [-0.05, 0) is 12.1 Å². The molecule has 0 radical (unpaired) electrons. The molecule has 0 amide bonds. The molecule has 0 saturated carbocycles. The summed E-state index contributed by atoms with van der Waals surface area (Å²) in [5, 5.41) is 19.3. The Hall–Kier alpha value is -2.91. The molecule has 0 aliphatic carbocycles. The molecule has 0 unspecified atom stereocenters. The van der Waals surface area contributed by atoms with Gasteiger partial charge in [-0.1, -0.05) is 0 Å². The Morgan fingerprint density at radius 3 is 2.62 bits per heavy atom. The number of nitrogens with zero attached hydrogens (tertiary/aromatic N) is 2. The molecule has 2 rings (SSSR count). The molecular formula is C11H6F3N3O4. The monoisotopic (exact) mass is 301 g/mol. The number of fused-ring (bicyclic) bond motifs is 1. The fraction of sp³-hybridized carbons (Fsp3) is 0.0909. The van der Waals surface area contributed by atoms with Crippen LogP contribution in [-0.4, -0.2) is 26.0 Å². The number of aliphatic carboxylic acids is 1. The van der Waals surface area contributed by atoms with Crippen LogP contribution < -0.4 is 0 Å². The number of nitro groups is 1. The molecule has 7 nitrogen and oxygen atoms in total. The lowest BCUT2D eigenvalue weighted by Gasteiger charge is -2.05. The summed E-state index contributed by atoms with van der Waals surface area (Å²) in [4.78, 5) is 26.3. The van der Waals surface area contributed by atoms with Crippen molar-refractivity contribution in [2.24, 2.45) is 0 Å². The van der Waals surface area contributed by atoms with E-state index in [9.17, 15) is 28.1 Å². The van der Waals surface area contributed by atoms with Crippen molar-refractivity contribution in [3.05, 3.63) is 39.7 Å². The second-order valence-electron chi connectivity index (χ2n) is 3.94. The van der Waals surface area contributed by atoms with Gasteiger partial charge in [0.2, 0.25) is 0 Å². The van der Waals surface area contributed by atoms with Crippen LogP contribution in [0.1, 0.15) is 11.4 Å². The van der Waals surface area contributed by atoms with Crippen LogP contribution in [0.15, 0.2) is 18.2 Å². The predicted molar refractivity (Wildman–Crippen MR) is 64.4 cm³/mol. The molecule has 2 aromatic rings. The molecule has 0 aliphatic heterocycles. The SMILES string of the molecule is O=C(O)/C=C/c1nc2c([N+](=O)[O-])cc(C(F)(F)F)cc2[nH]1. The van der Waals surface area contributed by atoms with Gasteiger partial charge in [0.15, 0.2) is 5.52 Å². The smallest absolute Gasteiger partial charge is 0.416 e. The Labute approximate surface area is 113 Å². The summed E-state index contributed by atoms with van der Waals surface area (Å²) in [5.74, 6) is -1.39. The molecule has 0 aliphatic rings. The topological polar surface area (TPSA) is 109 Å². The summed E-state index contributed by atoms with van der Waals surface area (Å²) in [5.41, 5.74) is -2.50. The molecule has 0 fully saturated rings. The first-order valence-corrected chi connectivity index (χ1v) is 5.35. The third kappa shape index (κ3) is 2.99. The Bertz CT molecular complexity index is 764. The first-order valence-electron chi connectivity index (χ1n) is 5.35. The van der Waals surface area contributed by atoms with E-state index in [2.05, 4.69) is 9.97 Å². The van der Waals surface area contributed by atoms with Gasteiger partial charge in [0, 0.05) is 12.1 Å². The lowest BCUT2D eigenvalue weighted by atomic mass is 10.1. The summed E-state index contributed by atoms with van der Waals surface area (Å²) in [7, 11) is 0. The number of aromatic amines is 1. The average Bonchev–Trinajstić information content (AvgIpc) is 2.76. The van der Waals surface area contributed by atoms with Gasteiger partial charge in [-0.15, -0.1) is 0 Å². The van der Waals surface area contributed by atoms with Crippen molar-refractivity contribution in [2.75, 3.05) is 0 Å². The number of non-ortho nitro benzene ring substituents is 1. The molecule has 21 heavy (non-hydrogen) atoms. The first-order chi connectivity index (χ1) is 9.68. The number of carboxylic acids is 1. The van der Waals surface area contributed by atoms with E-state index in [0.29, 0.717) is 18.2 Å². The fourth-order valence-corrected chi connectivity index (χ4v) is 1.65. The van der Waals surface area contributed by atoms with Crippen molar-refractivity contribution in [3.63, 3.8) is 0 Å². The number of aromatic nitrogens is 2. The summed E-state index contributed by atoms with van der Waals surface area (Å²) in [6.45, 7) is 0. The highest BCUT2D eigenvalue weighted by Crippen LogP contribution is 2.35. The van der Waals surface area contributed by atoms with E-state index in [4.69, 9.17) is 5.11 Å². The summed E-state index contributed by atoms with van der Waals surface area (Å²) < 4.78 is 38.0. The third-order valence-corrected chi connectivity index (χ3v) is 2.49. The van der Waals surface area contributed by atoms with Crippen LogP contribution in [-0.2, 0) is 11.0 Å². The molecule has 2 N–H and O–H groups in total. The molecule has 0 spiro atoms. The van der Waals surface area contributed by atoms with Crippen molar-refractivity contribution >= 4 is 28.8 Å². The number of carboxylic acid groups (broad SMARTS) is 1. The highest BCUT2D eigenvalue weighted by atomic mass is 19.4. The zero-order valence-corrected chi connectivity index (χ0v) is 10.0. The van der Waals surface area contributed by atoms with Gasteiger partial charge >= 0.3 is 12.1 Å². The number of hydrogen-bond donors (Lipinski definition) is 2. The van der Waals surface area contributed by atoms with Crippen molar-refractivity contribution < 1.29 is 28.0 Å². The zero-order chi connectivity index (χ0) is 15.8. The first kappa shape index (κ1) is 14.5. The van der Waals surface area contributed by atoms with Crippen LogP contribution in [0.25, 0.3) is 17.1 Å². The molecular weight excluding hydrogens is 295 g/mol. The van der Waals surface area contributed by atoms with Crippen molar-refractivity contribution in [1.29, 1.82) is 0 Å². The molecule has 10 heteroatoms. The fourth-order valence-electron chi connectivity index (χ4n) is 1.65. The molecule has 0 atom stereocenters. The second-order valence-corrected chi connectivity index (χ2v) is 3.94. The number of nitrogens with one attached hydrogen (secondary N) is 1. The Morgan fingerprint density at radius 1 is 1.43 bits per heavy atom.